The molecule has 1 rings (SSSR count). The topological polar surface area (TPSA) is 111 Å². The fraction of sp³-hybridized carbons (Fsp3) is 0.550. The van der Waals surface area contributed by atoms with Crippen molar-refractivity contribution < 1.29 is 19.1 Å². The van der Waals surface area contributed by atoms with E-state index in [0.717, 1.165) is 5.75 Å². The zero-order chi connectivity index (χ0) is 20.2. The monoisotopic (exact) mass is 377 g/mol. The highest BCUT2D eigenvalue weighted by molar-refractivity contribution is 5.92. The second-order valence-corrected chi connectivity index (χ2v) is 6.71. The number of ketones is 1. The smallest absolute Gasteiger partial charge is 0.224 e. The predicted molar refractivity (Wildman–Crippen MR) is 104 cm³/mol. The van der Waals surface area contributed by atoms with Crippen LogP contribution in [-0.2, 0) is 14.4 Å². The Morgan fingerprint density at radius 3 is 2.37 bits per heavy atom. The van der Waals surface area contributed by atoms with Gasteiger partial charge in [-0.05, 0) is 24.5 Å². The molecule has 0 heterocycles. The fourth-order valence-electron chi connectivity index (χ4n) is 2.61. The van der Waals surface area contributed by atoms with Crippen LogP contribution in [0.15, 0.2) is 30.3 Å². The lowest BCUT2D eigenvalue weighted by Gasteiger charge is -2.23. The number of para-hydroxylation sites is 1. The lowest BCUT2D eigenvalue weighted by molar-refractivity contribution is -0.134. The molecule has 0 aliphatic heterocycles. The number of rotatable bonds is 12. The highest BCUT2D eigenvalue weighted by atomic mass is 16.5. The van der Waals surface area contributed by atoms with Crippen molar-refractivity contribution in [1.82, 2.24) is 10.6 Å². The summed E-state index contributed by atoms with van der Waals surface area (Å²) in [6, 6.07) is 8.72. The summed E-state index contributed by atoms with van der Waals surface area (Å²) in [5.41, 5.74) is 5.37. The molecular weight excluding hydrogens is 346 g/mol. The lowest BCUT2D eigenvalue weighted by Crippen LogP contribution is -2.47. The van der Waals surface area contributed by atoms with E-state index in [1.165, 1.54) is 0 Å². The Morgan fingerprint density at radius 2 is 1.81 bits per heavy atom. The molecule has 1 aromatic rings. The van der Waals surface area contributed by atoms with E-state index >= 15 is 0 Å². The first-order chi connectivity index (χ1) is 12.9. The van der Waals surface area contributed by atoms with Crippen LogP contribution in [0, 0.1) is 11.8 Å². The molecule has 1 aromatic carbocycles. The highest BCUT2D eigenvalue weighted by Gasteiger charge is 2.28. The van der Waals surface area contributed by atoms with Gasteiger partial charge in [-0.25, -0.2) is 0 Å². The molecule has 0 bridgehead atoms. The van der Waals surface area contributed by atoms with Crippen LogP contribution in [0.1, 0.15) is 33.6 Å². The minimum atomic E-state index is -0.605. The minimum absolute atomic E-state index is 0.0400. The summed E-state index contributed by atoms with van der Waals surface area (Å²) in [7, 11) is 0. The van der Waals surface area contributed by atoms with Gasteiger partial charge in [-0.2, -0.15) is 0 Å². The van der Waals surface area contributed by atoms with Crippen molar-refractivity contribution in [1.29, 1.82) is 0 Å². The van der Waals surface area contributed by atoms with E-state index in [1.807, 2.05) is 51.1 Å². The first-order valence-corrected chi connectivity index (χ1v) is 9.36. The number of hydrogen-bond donors (Lipinski definition) is 3. The molecule has 0 fully saturated rings. The highest BCUT2D eigenvalue weighted by Crippen LogP contribution is 2.16. The van der Waals surface area contributed by atoms with Crippen LogP contribution in [0.2, 0.25) is 0 Å². The summed E-state index contributed by atoms with van der Waals surface area (Å²) < 4.78 is 5.52. The van der Waals surface area contributed by atoms with Crippen molar-refractivity contribution in [2.24, 2.45) is 17.6 Å². The molecule has 0 radical (unpaired) electrons. The average Bonchev–Trinajstić information content (AvgIpc) is 2.67. The largest absolute Gasteiger partial charge is 0.492 e. The third kappa shape index (κ3) is 8.21. The van der Waals surface area contributed by atoms with Gasteiger partial charge in [0.1, 0.15) is 12.4 Å². The second-order valence-electron chi connectivity index (χ2n) is 6.71. The summed E-state index contributed by atoms with van der Waals surface area (Å²) in [6.45, 7) is 6.14. The van der Waals surface area contributed by atoms with Crippen LogP contribution in [0.3, 0.4) is 0 Å². The summed E-state index contributed by atoms with van der Waals surface area (Å²) in [5, 5.41) is 5.48. The molecule has 7 heteroatoms. The Labute approximate surface area is 161 Å². The Hall–Kier alpha value is -2.41. The number of carbonyl (C=O) groups is 3. The zero-order valence-electron chi connectivity index (χ0n) is 16.4. The van der Waals surface area contributed by atoms with Gasteiger partial charge in [0.25, 0.3) is 0 Å². The van der Waals surface area contributed by atoms with Crippen molar-refractivity contribution in [3.05, 3.63) is 30.3 Å². The van der Waals surface area contributed by atoms with E-state index in [4.69, 9.17) is 10.5 Å². The molecule has 0 aromatic heterocycles. The summed E-state index contributed by atoms with van der Waals surface area (Å²) >= 11 is 0. The standard InChI is InChI=1S/C20H31N3O4/c1-4-17(18(24)13-21)23-20(26)16(14(2)3)12-19(25)22-10-11-27-15-8-6-5-7-9-15/h5-9,14,16-17H,4,10-13,21H2,1-3H3,(H,22,25)(H,23,26). The molecule has 27 heavy (non-hydrogen) atoms. The molecule has 0 aliphatic rings. The molecule has 0 spiro atoms. The van der Waals surface area contributed by atoms with Crippen molar-refractivity contribution in [3.63, 3.8) is 0 Å². The SMILES string of the molecule is CCC(NC(=O)C(CC(=O)NCCOc1ccccc1)C(C)C)C(=O)CN. The maximum absolute atomic E-state index is 12.5. The maximum Gasteiger partial charge on any atom is 0.224 e. The van der Waals surface area contributed by atoms with E-state index < -0.39 is 12.0 Å². The van der Waals surface area contributed by atoms with Gasteiger partial charge < -0.3 is 21.1 Å². The summed E-state index contributed by atoms with van der Waals surface area (Å²) in [6.07, 6.45) is 0.525. The molecule has 4 N–H and O–H groups in total. The third-order valence-corrected chi connectivity index (χ3v) is 4.30. The van der Waals surface area contributed by atoms with E-state index in [-0.39, 0.29) is 36.5 Å². The van der Waals surface area contributed by atoms with Crippen LogP contribution in [0.25, 0.3) is 0 Å². The van der Waals surface area contributed by atoms with Crippen LogP contribution >= 0.6 is 0 Å². The zero-order valence-corrected chi connectivity index (χ0v) is 16.4. The molecule has 0 saturated heterocycles. The molecular formula is C20H31N3O4. The number of carbonyl (C=O) groups excluding carboxylic acids is 3. The third-order valence-electron chi connectivity index (χ3n) is 4.30. The first kappa shape index (κ1) is 22.6. The fourth-order valence-corrected chi connectivity index (χ4v) is 2.61. The number of Topliss-reactive ketones (excluding diaryl/α,β-unsaturated/α-hetero) is 1. The molecule has 2 atom stereocenters. The average molecular weight is 377 g/mol. The van der Waals surface area contributed by atoms with Crippen LogP contribution in [0.5, 0.6) is 5.75 Å². The van der Waals surface area contributed by atoms with E-state index in [1.54, 1.807) is 0 Å². The quantitative estimate of drug-likeness (QED) is 0.475. The number of amides is 2. The Bertz CT molecular complexity index is 605. The Kier molecular flexibility index (Phi) is 10.1. The minimum Gasteiger partial charge on any atom is -0.492 e. The van der Waals surface area contributed by atoms with Gasteiger partial charge in [-0.15, -0.1) is 0 Å². The van der Waals surface area contributed by atoms with Gasteiger partial charge in [-0.1, -0.05) is 39.0 Å². The number of benzene rings is 1. The molecule has 0 saturated carbocycles. The van der Waals surface area contributed by atoms with Crippen LogP contribution in [-0.4, -0.2) is 43.3 Å². The molecule has 7 nitrogen and oxygen atoms in total. The van der Waals surface area contributed by atoms with Crippen molar-refractivity contribution in [2.75, 3.05) is 19.7 Å². The van der Waals surface area contributed by atoms with E-state index in [2.05, 4.69) is 10.6 Å². The van der Waals surface area contributed by atoms with Crippen molar-refractivity contribution >= 4 is 17.6 Å². The van der Waals surface area contributed by atoms with Gasteiger partial charge >= 0.3 is 0 Å². The number of nitrogens with one attached hydrogen (secondary N) is 2. The normalized spacial score (nSPS) is 12.9. The van der Waals surface area contributed by atoms with Gasteiger partial charge in [0.05, 0.1) is 19.1 Å². The number of nitrogens with two attached hydrogens (primary N) is 1. The Balaban J connectivity index is 2.46. The first-order valence-electron chi connectivity index (χ1n) is 9.36. The molecule has 0 aliphatic carbocycles. The molecule has 150 valence electrons. The van der Waals surface area contributed by atoms with Crippen molar-refractivity contribution in [2.45, 2.75) is 39.7 Å². The second kappa shape index (κ2) is 12.1. The Morgan fingerprint density at radius 1 is 1.15 bits per heavy atom. The summed E-state index contributed by atoms with van der Waals surface area (Å²) in [5.74, 6) is -0.549. The number of ether oxygens (including phenoxy) is 1. The molecule has 2 unspecified atom stereocenters. The van der Waals surface area contributed by atoms with Gasteiger partial charge in [0, 0.05) is 12.3 Å². The maximum atomic E-state index is 12.5. The number of hydrogen-bond acceptors (Lipinski definition) is 5. The van der Waals surface area contributed by atoms with E-state index in [0.29, 0.717) is 19.6 Å². The lowest BCUT2D eigenvalue weighted by atomic mass is 9.90. The molecule has 2 amide bonds. The van der Waals surface area contributed by atoms with E-state index in [9.17, 15) is 14.4 Å². The van der Waals surface area contributed by atoms with Crippen LogP contribution in [0.4, 0.5) is 0 Å². The predicted octanol–water partition coefficient (Wildman–Crippen LogP) is 1.27. The van der Waals surface area contributed by atoms with Crippen LogP contribution < -0.4 is 21.1 Å². The van der Waals surface area contributed by atoms with Gasteiger partial charge in [0.15, 0.2) is 5.78 Å². The summed E-state index contributed by atoms with van der Waals surface area (Å²) in [4.78, 5) is 36.5. The van der Waals surface area contributed by atoms with Gasteiger partial charge in [0.2, 0.25) is 11.8 Å². The van der Waals surface area contributed by atoms with Gasteiger partial charge in [-0.3, -0.25) is 14.4 Å². The van der Waals surface area contributed by atoms with Crippen molar-refractivity contribution in [3.8, 4) is 5.75 Å².